The third-order valence-corrected chi connectivity index (χ3v) is 3.21. The van der Waals surface area contributed by atoms with Crippen molar-refractivity contribution in [2.45, 2.75) is 32.7 Å². The van der Waals surface area contributed by atoms with Gasteiger partial charge in [-0.15, -0.1) is 0 Å². The summed E-state index contributed by atoms with van der Waals surface area (Å²) in [6.07, 6.45) is 1.73. The van der Waals surface area contributed by atoms with Crippen LogP contribution in [0.3, 0.4) is 0 Å². The molecule has 0 radical (unpaired) electrons. The first-order valence-electron chi connectivity index (χ1n) is 5.85. The smallest absolute Gasteiger partial charge is 0.106 e. The van der Waals surface area contributed by atoms with Crippen molar-refractivity contribution in [3.63, 3.8) is 0 Å². The maximum absolute atomic E-state index is 5.67. The Morgan fingerprint density at radius 3 is 2.82 bits per heavy atom. The molecule has 3 nitrogen and oxygen atoms in total. The van der Waals surface area contributed by atoms with Gasteiger partial charge in [-0.2, -0.15) is 0 Å². The highest BCUT2D eigenvalue weighted by molar-refractivity contribution is 7.80. The highest BCUT2D eigenvalue weighted by Crippen LogP contribution is 2.25. The number of hydrogen-bond acceptors (Lipinski definition) is 2. The molecule has 0 amide bonds. The molecule has 2 aromatic rings. The van der Waals surface area contributed by atoms with Gasteiger partial charge in [0.1, 0.15) is 5.82 Å². The van der Waals surface area contributed by atoms with Gasteiger partial charge in [-0.1, -0.05) is 31.3 Å². The van der Waals surface area contributed by atoms with Crippen LogP contribution in [0.15, 0.2) is 24.3 Å². The number of thiocarbonyl (C=S) groups is 1. The van der Waals surface area contributed by atoms with Crippen LogP contribution in [-0.4, -0.2) is 14.5 Å². The molecule has 0 aliphatic carbocycles. The fourth-order valence-corrected chi connectivity index (χ4v) is 2.47. The zero-order chi connectivity index (χ0) is 12.4. The molecule has 4 heteroatoms. The number of rotatable bonds is 4. The van der Waals surface area contributed by atoms with E-state index >= 15 is 0 Å². The quantitative estimate of drug-likeness (QED) is 0.845. The topological polar surface area (TPSA) is 43.8 Å². The van der Waals surface area contributed by atoms with Gasteiger partial charge in [-0.25, -0.2) is 4.98 Å². The fourth-order valence-electron chi connectivity index (χ4n) is 2.28. The molecular formula is C13H17N3S. The van der Waals surface area contributed by atoms with Crippen LogP contribution in [-0.2, 0) is 0 Å². The molecule has 17 heavy (non-hydrogen) atoms. The van der Waals surface area contributed by atoms with Crippen LogP contribution in [0.5, 0.6) is 0 Å². The maximum atomic E-state index is 5.67. The summed E-state index contributed by atoms with van der Waals surface area (Å²) >= 11 is 5.02. The number of benzene rings is 1. The van der Waals surface area contributed by atoms with Crippen molar-refractivity contribution in [1.82, 2.24) is 9.55 Å². The number of nitrogens with two attached hydrogens (primary N) is 1. The van der Waals surface area contributed by atoms with Gasteiger partial charge in [0, 0.05) is 12.5 Å². The molecule has 1 aromatic heterocycles. The van der Waals surface area contributed by atoms with Crippen molar-refractivity contribution < 1.29 is 0 Å². The highest BCUT2D eigenvalue weighted by atomic mass is 32.1. The largest absolute Gasteiger partial charge is 0.393 e. The van der Waals surface area contributed by atoms with E-state index in [9.17, 15) is 0 Å². The number of nitrogens with zero attached hydrogens (tertiary/aromatic N) is 2. The molecule has 1 atom stereocenters. The molecule has 0 aliphatic rings. The van der Waals surface area contributed by atoms with Crippen molar-refractivity contribution in [1.29, 1.82) is 0 Å². The van der Waals surface area contributed by atoms with Crippen LogP contribution in [0.2, 0.25) is 0 Å². The van der Waals surface area contributed by atoms with Gasteiger partial charge in [0.2, 0.25) is 0 Å². The number of fused-ring (bicyclic) bond motifs is 1. The van der Waals surface area contributed by atoms with E-state index in [4.69, 9.17) is 18.0 Å². The average molecular weight is 247 g/mol. The summed E-state index contributed by atoms with van der Waals surface area (Å²) in [4.78, 5) is 5.13. The Balaban J connectivity index is 2.52. The van der Waals surface area contributed by atoms with Gasteiger partial charge in [-0.3, -0.25) is 0 Å². The molecule has 2 N–H and O–H groups in total. The molecule has 1 heterocycles. The Kier molecular flexibility index (Phi) is 3.43. The standard InChI is InChI=1S/C13H17N3S/c1-3-10(8-13(14)17)16-9(2)15-11-6-4-5-7-12(11)16/h4-7,10H,3,8H2,1-2H3,(H2,14,17). The average Bonchev–Trinajstić information content (AvgIpc) is 2.62. The summed E-state index contributed by atoms with van der Waals surface area (Å²) in [5.74, 6) is 1.02. The van der Waals surface area contributed by atoms with Crippen LogP contribution in [0.1, 0.15) is 31.6 Å². The lowest BCUT2D eigenvalue weighted by atomic mass is 10.1. The normalized spacial score (nSPS) is 12.8. The lowest BCUT2D eigenvalue weighted by Gasteiger charge is -2.18. The molecule has 1 aromatic carbocycles. The number of para-hydroxylation sites is 2. The third-order valence-electron chi connectivity index (χ3n) is 3.05. The van der Waals surface area contributed by atoms with E-state index in [2.05, 4.69) is 22.5 Å². The van der Waals surface area contributed by atoms with Gasteiger partial charge >= 0.3 is 0 Å². The van der Waals surface area contributed by atoms with Gasteiger partial charge in [0.15, 0.2) is 0 Å². The van der Waals surface area contributed by atoms with Crippen molar-refractivity contribution >= 4 is 28.2 Å². The maximum Gasteiger partial charge on any atom is 0.106 e. The van der Waals surface area contributed by atoms with Gasteiger partial charge in [0.25, 0.3) is 0 Å². The summed E-state index contributed by atoms with van der Waals surface area (Å²) in [7, 11) is 0. The Morgan fingerprint density at radius 1 is 1.47 bits per heavy atom. The molecule has 0 saturated heterocycles. The SMILES string of the molecule is CCC(CC(N)=S)n1c(C)nc2ccccc21. The minimum Gasteiger partial charge on any atom is -0.393 e. The van der Waals surface area contributed by atoms with Crippen molar-refractivity contribution in [2.24, 2.45) is 5.73 Å². The van der Waals surface area contributed by atoms with E-state index in [1.807, 2.05) is 25.1 Å². The lowest BCUT2D eigenvalue weighted by molar-refractivity contribution is 0.505. The Morgan fingerprint density at radius 2 is 2.18 bits per heavy atom. The monoisotopic (exact) mass is 247 g/mol. The molecule has 0 bridgehead atoms. The zero-order valence-electron chi connectivity index (χ0n) is 10.2. The van der Waals surface area contributed by atoms with E-state index in [1.54, 1.807) is 0 Å². The first-order valence-corrected chi connectivity index (χ1v) is 6.26. The first kappa shape index (κ1) is 12.0. The lowest BCUT2D eigenvalue weighted by Crippen LogP contribution is -2.18. The second kappa shape index (κ2) is 4.84. The fraction of sp³-hybridized carbons (Fsp3) is 0.385. The van der Waals surface area contributed by atoms with E-state index in [1.165, 1.54) is 0 Å². The Hall–Kier alpha value is -1.42. The van der Waals surface area contributed by atoms with Gasteiger partial charge in [-0.05, 0) is 25.5 Å². The van der Waals surface area contributed by atoms with Crippen molar-refractivity contribution in [3.05, 3.63) is 30.1 Å². The first-order chi connectivity index (χ1) is 8.13. The number of aryl methyl sites for hydroxylation is 1. The summed E-state index contributed by atoms with van der Waals surface area (Å²) in [6, 6.07) is 8.48. The Labute approximate surface area is 107 Å². The van der Waals surface area contributed by atoms with Gasteiger partial charge in [0.05, 0.1) is 16.0 Å². The summed E-state index contributed by atoms with van der Waals surface area (Å²) in [5, 5.41) is 0. The van der Waals surface area contributed by atoms with Crippen LogP contribution in [0, 0.1) is 6.92 Å². The number of imidazole rings is 1. The molecule has 2 rings (SSSR count). The zero-order valence-corrected chi connectivity index (χ0v) is 11.0. The van der Waals surface area contributed by atoms with E-state index in [0.29, 0.717) is 11.0 Å². The molecule has 0 saturated carbocycles. The third kappa shape index (κ3) is 2.31. The summed E-state index contributed by atoms with van der Waals surface area (Å²) in [5.41, 5.74) is 7.86. The number of hydrogen-bond donors (Lipinski definition) is 1. The predicted octanol–water partition coefficient (Wildman–Crippen LogP) is 2.97. The molecule has 1 unspecified atom stereocenters. The van der Waals surface area contributed by atoms with Crippen molar-refractivity contribution in [3.8, 4) is 0 Å². The highest BCUT2D eigenvalue weighted by Gasteiger charge is 2.15. The minimum atomic E-state index is 0.305. The summed E-state index contributed by atoms with van der Waals surface area (Å²) in [6.45, 7) is 4.18. The van der Waals surface area contributed by atoms with E-state index in [-0.39, 0.29) is 0 Å². The van der Waals surface area contributed by atoms with E-state index < -0.39 is 0 Å². The molecule has 0 spiro atoms. The summed E-state index contributed by atoms with van der Waals surface area (Å²) < 4.78 is 2.24. The van der Waals surface area contributed by atoms with Crippen LogP contribution in [0.4, 0.5) is 0 Å². The second-order valence-electron chi connectivity index (χ2n) is 4.25. The number of aromatic nitrogens is 2. The van der Waals surface area contributed by atoms with Crippen LogP contribution >= 0.6 is 12.2 Å². The Bertz CT molecular complexity index is 545. The molecule has 0 fully saturated rings. The predicted molar refractivity (Wildman–Crippen MR) is 75.2 cm³/mol. The molecule has 0 aliphatic heterocycles. The minimum absolute atomic E-state index is 0.305. The van der Waals surface area contributed by atoms with Crippen LogP contribution < -0.4 is 5.73 Å². The van der Waals surface area contributed by atoms with Crippen LogP contribution in [0.25, 0.3) is 11.0 Å². The van der Waals surface area contributed by atoms with Crippen molar-refractivity contribution in [2.75, 3.05) is 0 Å². The van der Waals surface area contributed by atoms with Gasteiger partial charge < -0.3 is 10.3 Å². The van der Waals surface area contributed by atoms with E-state index in [0.717, 1.165) is 29.7 Å². The second-order valence-corrected chi connectivity index (χ2v) is 4.77. The molecule has 90 valence electrons. The molecular weight excluding hydrogens is 230 g/mol.